The van der Waals surface area contributed by atoms with E-state index in [1.165, 1.54) is 0 Å². The van der Waals surface area contributed by atoms with Crippen molar-refractivity contribution in [1.82, 2.24) is 5.32 Å². The van der Waals surface area contributed by atoms with Crippen LogP contribution in [0.5, 0.6) is 0 Å². The Hall–Kier alpha value is -2.16. The molecule has 1 saturated heterocycles. The number of piperidine rings is 1. The molecule has 0 amide bonds. The average molecular weight is 426 g/mol. The van der Waals surface area contributed by atoms with Crippen molar-refractivity contribution in [3.63, 3.8) is 0 Å². The van der Waals surface area contributed by atoms with Gasteiger partial charge in [-0.2, -0.15) is 0 Å². The predicted octanol–water partition coefficient (Wildman–Crippen LogP) is 2.31. The highest BCUT2D eigenvalue weighted by Crippen LogP contribution is 2.57. The Balaban J connectivity index is 2.72. The van der Waals surface area contributed by atoms with Crippen molar-refractivity contribution in [1.29, 1.82) is 5.41 Å². The molecular weight excluding hydrogens is 398 g/mol. The number of rotatable bonds is 8. The van der Waals surface area contributed by atoms with E-state index in [1.54, 1.807) is 45.0 Å². The zero-order valence-corrected chi connectivity index (χ0v) is 17.5. The van der Waals surface area contributed by atoms with Gasteiger partial charge in [-0.15, -0.1) is 0 Å². The molecule has 8 nitrogen and oxygen atoms in total. The van der Waals surface area contributed by atoms with Crippen molar-refractivity contribution >= 4 is 29.4 Å². The Bertz CT molecular complexity index is 804. The summed E-state index contributed by atoms with van der Waals surface area (Å²) in [5.74, 6) is -3.34. The maximum atomic E-state index is 12.7. The topological polar surface area (TPSA) is 146 Å². The predicted molar refractivity (Wildman–Crippen MR) is 109 cm³/mol. The van der Waals surface area contributed by atoms with Crippen molar-refractivity contribution in [2.75, 3.05) is 13.2 Å². The third kappa shape index (κ3) is 3.84. The lowest BCUT2D eigenvalue weighted by Crippen LogP contribution is -2.70. The molecule has 2 rings (SSSR count). The Labute approximate surface area is 174 Å². The van der Waals surface area contributed by atoms with Crippen LogP contribution in [-0.2, 0) is 14.3 Å². The van der Waals surface area contributed by atoms with Gasteiger partial charge in [0, 0.05) is 23.0 Å². The zero-order valence-electron chi connectivity index (χ0n) is 16.7. The van der Waals surface area contributed by atoms with Crippen molar-refractivity contribution in [3.05, 3.63) is 34.9 Å². The minimum absolute atomic E-state index is 0.0410. The maximum absolute atomic E-state index is 12.7. The van der Waals surface area contributed by atoms with Crippen LogP contribution in [0.25, 0.3) is 0 Å². The van der Waals surface area contributed by atoms with Crippen LogP contribution < -0.4 is 11.1 Å². The Morgan fingerprint density at radius 1 is 1.31 bits per heavy atom. The minimum atomic E-state index is -1.51. The Morgan fingerprint density at radius 2 is 1.93 bits per heavy atom. The first-order chi connectivity index (χ1) is 13.5. The first-order valence-electron chi connectivity index (χ1n) is 9.41. The minimum Gasteiger partial charge on any atom is -0.481 e. The maximum Gasteiger partial charge on any atom is 0.311 e. The van der Waals surface area contributed by atoms with E-state index in [0.29, 0.717) is 10.6 Å². The van der Waals surface area contributed by atoms with E-state index in [0.717, 1.165) is 0 Å². The van der Waals surface area contributed by atoms with Gasteiger partial charge in [-0.25, -0.2) is 0 Å². The molecule has 0 saturated carbocycles. The van der Waals surface area contributed by atoms with E-state index in [9.17, 15) is 19.8 Å². The monoisotopic (exact) mass is 425 g/mol. The normalized spacial score (nSPS) is 31.9. The van der Waals surface area contributed by atoms with Crippen LogP contribution in [0.2, 0.25) is 5.02 Å². The number of nitrogens with two attached hydrogens (primary N) is 1. The highest BCUT2D eigenvalue weighted by atomic mass is 35.5. The largest absolute Gasteiger partial charge is 0.481 e. The second kappa shape index (κ2) is 8.69. The van der Waals surface area contributed by atoms with E-state index in [2.05, 4.69) is 5.32 Å². The number of nitrogens with one attached hydrogen (secondary N) is 2. The molecule has 0 aromatic heterocycles. The van der Waals surface area contributed by atoms with Crippen molar-refractivity contribution in [2.45, 2.75) is 45.2 Å². The number of hydrogen-bond acceptors (Lipinski definition) is 5. The Kier molecular flexibility index (Phi) is 6.93. The molecule has 5 atom stereocenters. The molecular formula is C20H28ClN3O5. The number of aliphatic carboxylic acids is 2. The highest BCUT2D eigenvalue weighted by Gasteiger charge is 2.65. The van der Waals surface area contributed by atoms with Gasteiger partial charge in [0.15, 0.2) is 0 Å². The van der Waals surface area contributed by atoms with Gasteiger partial charge < -0.3 is 26.0 Å². The van der Waals surface area contributed by atoms with Crippen LogP contribution in [0.15, 0.2) is 24.3 Å². The van der Waals surface area contributed by atoms with Gasteiger partial charge in [-0.1, -0.05) is 36.7 Å². The first-order valence-corrected chi connectivity index (χ1v) is 9.79. The molecule has 5 unspecified atom stereocenters. The van der Waals surface area contributed by atoms with E-state index >= 15 is 0 Å². The lowest BCUT2D eigenvalue weighted by atomic mass is 9.51. The van der Waals surface area contributed by atoms with Crippen molar-refractivity contribution in [2.24, 2.45) is 16.6 Å². The number of carboxylic acids is 2. The molecule has 1 aromatic carbocycles. The fraction of sp³-hybridized carbons (Fsp3) is 0.550. The zero-order chi connectivity index (χ0) is 22.0. The second-order valence-electron chi connectivity index (χ2n) is 7.72. The van der Waals surface area contributed by atoms with Crippen LogP contribution in [-0.4, -0.2) is 53.3 Å². The molecule has 0 radical (unpaired) electrons. The molecule has 1 fully saturated rings. The quantitative estimate of drug-likeness (QED) is 0.317. The van der Waals surface area contributed by atoms with Crippen LogP contribution in [0, 0.1) is 16.2 Å². The molecule has 0 bridgehead atoms. The standard InChI is InChI=1S/C20H28ClN3O5/c1-4-20(18(27)28)14(9-29-10-15(22)23)24-11(2)19(3,17(25)26)16(20)12-7-5-6-8-13(12)21/h5-8,11,14,16,24H,4,9-10H2,1-3H3,(H3,22,23)(H,25,26)(H,27,28). The number of carbonyl (C=O) groups is 2. The summed E-state index contributed by atoms with van der Waals surface area (Å²) in [5, 5.41) is 31.4. The molecule has 1 aliphatic heterocycles. The molecule has 29 heavy (non-hydrogen) atoms. The first kappa shape index (κ1) is 23.1. The second-order valence-corrected chi connectivity index (χ2v) is 8.13. The highest BCUT2D eigenvalue weighted by molar-refractivity contribution is 6.31. The van der Waals surface area contributed by atoms with Gasteiger partial charge in [0.25, 0.3) is 0 Å². The summed E-state index contributed by atoms with van der Waals surface area (Å²) in [5.41, 5.74) is 2.86. The van der Waals surface area contributed by atoms with Gasteiger partial charge in [0.05, 0.1) is 17.4 Å². The summed E-state index contributed by atoms with van der Waals surface area (Å²) in [6.07, 6.45) is 0.148. The summed E-state index contributed by atoms with van der Waals surface area (Å²) in [6.45, 7) is 4.81. The fourth-order valence-electron chi connectivity index (χ4n) is 4.59. The number of halogens is 1. The number of amidine groups is 1. The lowest BCUT2D eigenvalue weighted by Gasteiger charge is -2.56. The van der Waals surface area contributed by atoms with Gasteiger partial charge in [0.1, 0.15) is 12.4 Å². The summed E-state index contributed by atoms with van der Waals surface area (Å²) in [4.78, 5) is 25.2. The molecule has 0 aliphatic carbocycles. The van der Waals surface area contributed by atoms with Crippen LogP contribution >= 0.6 is 11.6 Å². The van der Waals surface area contributed by atoms with Crippen molar-refractivity contribution in [3.8, 4) is 0 Å². The summed E-state index contributed by atoms with van der Waals surface area (Å²) in [6, 6.07) is 5.47. The van der Waals surface area contributed by atoms with Gasteiger partial charge in [-0.05, 0) is 31.9 Å². The van der Waals surface area contributed by atoms with Crippen LogP contribution in [0.3, 0.4) is 0 Å². The summed E-state index contributed by atoms with van der Waals surface area (Å²) < 4.78 is 5.48. The third-order valence-electron chi connectivity index (χ3n) is 6.29. The summed E-state index contributed by atoms with van der Waals surface area (Å²) in [7, 11) is 0. The number of benzene rings is 1. The lowest BCUT2D eigenvalue weighted by molar-refractivity contribution is -0.173. The van der Waals surface area contributed by atoms with Gasteiger partial charge in [0.2, 0.25) is 0 Å². The molecule has 1 aliphatic rings. The molecule has 9 heteroatoms. The fourth-order valence-corrected chi connectivity index (χ4v) is 4.83. The SMILES string of the molecule is CCC1(C(=O)O)C(COCC(=N)N)NC(C)C(C)(C(=O)O)C1c1ccccc1Cl. The van der Waals surface area contributed by atoms with E-state index < -0.39 is 40.8 Å². The number of hydrogen-bond donors (Lipinski definition) is 5. The van der Waals surface area contributed by atoms with E-state index in [4.69, 9.17) is 27.5 Å². The number of ether oxygens (including phenoxy) is 1. The molecule has 6 N–H and O–H groups in total. The number of carboxylic acid groups (broad SMARTS) is 2. The molecule has 0 spiro atoms. The molecule has 1 aromatic rings. The van der Waals surface area contributed by atoms with Gasteiger partial charge >= 0.3 is 11.9 Å². The van der Waals surface area contributed by atoms with Crippen LogP contribution in [0.4, 0.5) is 0 Å². The van der Waals surface area contributed by atoms with Crippen molar-refractivity contribution < 1.29 is 24.5 Å². The molecule has 1 heterocycles. The van der Waals surface area contributed by atoms with E-state index in [1.807, 2.05) is 0 Å². The Morgan fingerprint density at radius 3 is 2.41 bits per heavy atom. The summed E-state index contributed by atoms with van der Waals surface area (Å²) >= 11 is 6.44. The van der Waals surface area contributed by atoms with Crippen LogP contribution in [0.1, 0.15) is 38.7 Å². The average Bonchev–Trinajstić information content (AvgIpc) is 2.64. The third-order valence-corrected chi connectivity index (χ3v) is 6.63. The smallest absolute Gasteiger partial charge is 0.311 e. The molecule has 160 valence electrons. The van der Waals surface area contributed by atoms with Gasteiger partial charge in [-0.3, -0.25) is 15.0 Å². The van der Waals surface area contributed by atoms with E-state index in [-0.39, 0.29) is 25.5 Å².